The molecule has 3 aliphatic heterocycles. The van der Waals surface area contributed by atoms with Crippen LogP contribution < -0.4 is 10.1 Å². The topological polar surface area (TPSA) is 129 Å². The Labute approximate surface area is 200 Å². The van der Waals surface area contributed by atoms with Crippen LogP contribution in [-0.2, 0) is 27.3 Å². The third kappa shape index (κ3) is 4.34. The van der Waals surface area contributed by atoms with Crippen molar-refractivity contribution in [3.05, 3.63) is 29.0 Å². The summed E-state index contributed by atoms with van der Waals surface area (Å²) in [4.78, 5) is 12.1. The Hall–Kier alpha value is -2.44. The number of aromatic nitrogens is 5. The van der Waals surface area contributed by atoms with Gasteiger partial charge in [0.15, 0.2) is 11.8 Å². The number of rotatable bonds is 7. The highest BCUT2D eigenvalue weighted by atomic mass is 35.5. The van der Waals surface area contributed by atoms with Crippen molar-refractivity contribution in [1.82, 2.24) is 24.7 Å². The van der Waals surface area contributed by atoms with Crippen molar-refractivity contribution in [1.29, 1.82) is 0 Å². The zero-order valence-electron chi connectivity index (χ0n) is 18.5. The molecule has 3 aliphatic rings. The third-order valence-electron chi connectivity index (χ3n) is 6.54. The van der Waals surface area contributed by atoms with Gasteiger partial charge < -0.3 is 34.4 Å². The average molecular weight is 491 g/mol. The van der Waals surface area contributed by atoms with Crippen LogP contribution in [0.25, 0.3) is 11.2 Å². The minimum Gasteiger partial charge on any atom is -0.456 e. The molecule has 34 heavy (non-hydrogen) atoms. The molecule has 3 fully saturated rings. The number of aromatic amines is 1. The van der Waals surface area contributed by atoms with E-state index in [-0.39, 0.29) is 31.0 Å². The van der Waals surface area contributed by atoms with E-state index in [1.54, 1.807) is 12.3 Å². The van der Waals surface area contributed by atoms with Gasteiger partial charge in [0, 0.05) is 12.8 Å². The Morgan fingerprint density at radius 2 is 2.12 bits per heavy atom. The molecular formula is C22H27ClN6O5. The number of halogens is 1. The van der Waals surface area contributed by atoms with E-state index in [4.69, 9.17) is 30.5 Å². The molecule has 6 heterocycles. The van der Waals surface area contributed by atoms with Gasteiger partial charge in [-0.1, -0.05) is 11.6 Å². The molecule has 0 saturated carbocycles. The molecule has 3 N–H and O–H groups in total. The molecule has 0 amide bonds. The van der Waals surface area contributed by atoms with E-state index in [9.17, 15) is 5.11 Å². The number of aliphatic hydroxyl groups excluding tert-OH is 1. The number of fused-ring (bicyclic) bond motifs is 2. The van der Waals surface area contributed by atoms with Crippen LogP contribution in [0.15, 0.2) is 18.3 Å². The van der Waals surface area contributed by atoms with Crippen LogP contribution in [0.1, 0.15) is 25.0 Å². The van der Waals surface area contributed by atoms with Crippen LogP contribution in [0.4, 0.5) is 5.82 Å². The first-order valence-corrected chi connectivity index (χ1v) is 12.0. The third-order valence-corrected chi connectivity index (χ3v) is 6.83. The molecule has 1 unspecified atom stereocenters. The van der Waals surface area contributed by atoms with Crippen LogP contribution in [0, 0.1) is 0 Å². The molecule has 182 valence electrons. The van der Waals surface area contributed by atoms with Gasteiger partial charge in [0.05, 0.1) is 48.6 Å². The van der Waals surface area contributed by atoms with E-state index >= 15 is 0 Å². The Balaban J connectivity index is 1.12. The molecule has 6 rings (SSSR count). The second kappa shape index (κ2) is 9.31. The second-order valence-corrected chi connectivity index (χ2v) is 9.31. The Morgan fingerprint density at radius 1 is 1.21 bits per heavy atom. The summed E-state index contributed by atoms with van der Waals surface area (Å²) >= 11 is 6.48. The highest BCUT2D eigenvalue weighted by Crippen LogP contribution is 2.31. The van der Waals surface area contributed by atoms with Gasteiger partial charge >= 0.3 is 0 Å². The predicted molar refractivity (Wildman–Crippen MR) is 122 cm³/mol. The van der Waals surface area contributed by atoms with Crippen molar-refractivity contribution in [2.75, 3.05) is 25.1 Å². The molecule has 5 atom stereocenters. The second-order valence-electron chi connectivity index (χ2n) is 8.90. The van der Waals surface area contributed by atoms with E-state index in [1.165, 1.54) is 6.42 Å². The van der Waals surface area contributed by atoms with E-state index in [0.717, 1.165) is 31.7 Å². The maximum Gasteiger partial charge on any atom is 0.296 e. The number of imidazole rings is 1. The lowest BCUT2D eigenvalue weighted by molar-refractivity contribution is 0.00355. The van der Waals surface area contributed by atoms with Gasteiger partial charge in [-0.3, -0.25) is 4.68 Å². The van der Waals surface area contributed by atoms with Crippen molar-refractivity contribution in [3.8, 4) is 6.01 Å². The summed E-state index contributed by atoms with van der Waals surface area (Å²) in [6.07, 6.45) is 3.70. The number of nitrogens with one attached hydrogen (secondary N) is 2. The van der Waals surface area contributed by atoms with Gasteiger partial charge in [0.1, 0.15) is 24.1 Å². The summed E-state index contributed by atoms with van der Waals surface area (Å²) < 4.78 is 25.0. The van der Waals surface area contributed by atoms with E-state index in [0.29, 0.717) is 41.2 Å². The lowest BCUT2D eigenvalue weighted by Crippen LogP contribution is -2.34. The molecule has 0 aliphatic carbocycles. The van der Waals surface area contributed by atoms with Crippen molar-refractivity contribution >= 4 is 28.6 Å². The Kier molecular flexibility index (Phi) is 6.04. The van der Waals surface area contributed by atoms with Crippen molar-refractivity contribution in [2.24, 2.45) is 0 Å². The highest BCUT2D eigenvalue weighted by Gasteiger charge is 2.48. The quantitative estimate of drug-likeness (QED) is 0.454. The number of nitrogens with zero attached hydrogens (tertiary/aromatic N) is 4. The fraction of sp³-hybridized carbons (Fsp3) is 0.591. The fourth-order valence-electron chi connectivity index (χ4n) is 4.76. The summed E-state index contributed by atoms with van der Waals surface area (Å²) in [5.41, 5.74) is 2.16. The SMILES string of the molecule is O[C@@H]1CO[C@H]2[C@@H]1OC[C@H]2Oc1nc2nc(NCc3ccnn3CC3CCCCO3)c(Cl)cc2[nH]1. The van der Waals surface area contributed by atoms with Crippen LogP contribution in [-0.4, -0.2) is 80.2 Å². The lowest BCUT2D eigenvalue weighted by atomic mass is 10.1. The normalized spacial score (nSPS) is 28.9. The van der Waals surface area contributed by atoms with Gasteiger partial charge in [-0.25, -0.2) is 4.98 Å². The van der Waals surface area contributed by atoms with Crippen LogP contribution in [0.5, 0.6) is 6.01 Å². The molecule has 0 bridgehead atoms. The first-order chi connectivity index (χ1) is 16.6. The Morgan fingerprint density at radius 3 is 3.00 bits per heavy atom. The zero-order chi connectivity index (χ0) is 23.1. The number of hydrogen-bond acceptors (Lipinski definition) is 9. The maximum absolute atomic E-state index is 9.90. The minimum absolute atomic E-state index is 0.200. The molecule has 3 saturated heterocycles. The first-order valence-electron chi connectivity index (χ1n) is 11.6. The molecule has 12 heteroatoms. The fourth-order valence-corrected chi connectivity index (χ4v) is 4.98. The van der Waals surface area contributed by atoms with Crippen molar-refractivity contribution in [3.63, 3.8) is 0 Å². The zero-order valence-corrected chi connectivity index (χ0v) is 19.3. The van der Waals surface area contributed by atoms with Gasteiger partial charge in [-0.15, -0.1) is 0 Å². The summed E-state index contributed by atoms with van der Waals surface area (Å²) in [7, 11) is 0. The van der Waals surface area contributed by atoms with Crippen molar-refractivity contribution < 1.29 is 24.1 Å². The average Bonchev–Trinajstić information content (AvgIpc) is 3.61. The highest BCUT2D eigenvalue weighted by molar-refractivity contribution is 6.33. The predicted octanol–water partition coefficient (Wildman–Crippen LogP) is 1.89. The van der Waals surface area contributed by atoms with Crippen LogP contribution in [0.3, 0.4) is 0 Å². The summed E-state index contributed by atoms with van der Waals surface area (Å²) in [5, 5.41) is 18.1. The summed E-state index contributed by atoms with van der Waals surface area (Å²) in [5.74, 6) is 0.528. The van der Waals surface area contributed by atoms with E-state index < -0.39 is 6.10 Å². The largest absolute Gasteiger partial charge is 0.456 e. The van der Waals surface area contributed by atoms with Gasteiger partial charge in [0.2, 0.25) is 0 Å². The smallest absolute Gasteiger partial charge is 0.296 e. The molecule has 11 nitrogen and oxygen atoms in total. The van der Waals surface area contributed by atoms with Gasteiger partial charge in [0.25, 0.3) is 6.01 Å². The monoisotopic (exact) mass is 490 g/mol. The standard InChI is InChI=1S/C22H27ClN6O5/c23-14-7-15-21(28-22(26-15)34-17-11-33-18-16(30)10-32-19(17)18)27-20(14)24-8-12-4-5-25-29(12)9-13-3-1-2-6-31-13/h4-5,7,13,16-19,30H,1-3,6,8-11H2,(H2,24,26,27,28)/t13?,16-,17-,18-,19-/m1/s1. The molecular weight excluding hydrogens is 464 g/mol. The number of aliphatic hydroxyl groups is 1. The van der Waals surface area contributed by atoms with Crippen LogP contribution >= 0.6 is 11.6 Å². The maximum atomic E-state index is 9.90. The lowest BCUT2D eigenvalue weighted by Gasteiger charge is -2.23. The Bertz CT molecular complexity index is 1150. The first kappa shape index (κ1) is 22.1. The molecule has 0 radical (unpaired) electrons. The summed E-state index contributed by atoms with van der Waals surface area (Å²) in [6, 6.07) is 4.05. The molecule has 3 aromatic rings. The van der Waals surface area contributed by atoms with E-state index in [1.807, 2.05) is 10.7 Å². The molecule has 0 spiro atoms. The summed E-state index contributed by atoms with van der Waals surface area (Å²) in [6.45, 7) is 2.63. The van der Waals surface area contributed by atoms with Gasteiger partial charge in [-0.05, 0) is 31.4 Å². The van der Waals surface area contributed by atoms with Crippen molar-refractivity contribution in [2.45, 2.75) is 62.9 Å². The van der Waals surface area contributed by atoms with Gasteiger partial charge in [-0.2, -0.15) is 10.1 Å². The number of ether oxygens (including phenoxy) is 4. The number of anilines is 1. The minimum atomic E-state index is -0.630. The number of pyridine rings is 1. The van der Waals surface area contributed by atoms with E-state index in [2.05, 4.69) is 25.4 Å². The van der Waals surface area contributed by atoms with Crippen LogP contribution in [0.2, 0.25) is 5.02 Å². The number of hydrogen-bond donors (Lipinski definition) is 3. The number of H-pyrrole nitrogens is 1. The molecule has 3 aromatic heterocycles. The molecule has 0 aromatic carbocycles.